The minimum atomic E-state index is -3.86. The Hall–Kier alpha value is -2.58. The maximum Gasteiger partial charge on any atom is 0.261 e. The van der Waals surface area contributed by atoms with Crippen molar-refractivity contribution in [2.24, 2.45) is 0 Å². The number of hydrogen-bond acceptors (Lipinski definition) is 4. The Morgan fingerprint density at radius 2 is 1.35 bits per heavy atom. The number of benzene rings is 3. The van der Waals surface area contributed by atoms with E-state index in [-0.39, 0.29) is 22.3 Å². The van der Waals surface area contributed by atoms with E-state index in [9.17, 15) is 13.2 Å². The first-order valence-electron chi connectivity index (χ1n) is 12.9. The fourth-order valence-corrected chi connectivity index (χ4v) is 11.8. The Morgan fingerprint density at radius 3 is 1.81 bits per heavy atom. The Morgan fingerprint density at radius 1 is 0.838 bits per heavy atom. The SMILES string of the molecule is CCC[C@@H]1C(=O)[C@H](CO[Si](c2ccccc2)(c2ccccc2)C(C)(C)C)N1S(=O)(=O)c1ccc(C)cc1. The van der Waals surface area contributed by atoms with Crippen molar-refractivity contribution in [1.82, 2.24) is 4.31 Å². The minimum Gasteiger partial charge on any atom is -0.405 e. The lowest BCUT2D eigenvalue weighted by molar-refractivity contribution is -0.139. The molecule has 0 aromatic heterocycles. The molecule has 3 aromatic rings. The Labute approximate surface area is 222 Å². The van der Waals surface area contributed by atoms with Gasteiger partial charge in [0.25, 0.3) is 8.32 Å². The molecule has 0 bridgehead atoms. The summed E-state index contributed by atoms with van der Waals surface area (Å²) in [5.41, 5.74) is 0.982. The summed E-state index contributed by atoms with van der Waals surface area (Å²) in [4.78, 5) is 13.6. The van der Waals surface area contributed by atoms with Gasteiger partial charge in [-0.05, 0) is 40.9 Å². The van der Waals surface area contributed by atoms with Crippen molar-refractivity contribution in [1.29, 1.82) is 0 Å². The summed E-state index contributed by atoms with van der Waals surface area (Å²) in [6, 6.07) is 25.7. The molecule has 0 radical (unpaired) electrons. The molecule has 0 N–H and O–H groups in total. The number of rotatable bonds is 9. The van der Waals surface area contributed by atoms with Crippen LogP contribution in [0.15, 0.2) is 89.8 Å². The molecule has 196 valence electrons. The van der Waals surface area contributed by atoms with Gasteiger partial charge >= 0.3 is 0 Å². The topological polar surface area (TPSA) is 63.7 Å². The van der Waals surface area contributed by atoms with Crippen molar-refractivity contribution in [3.8, 4) is 0 Å². The number of sulfonamides is 1. The number of ketones is 1. The third kappa shape index (κ3) is 4.98. The highest BCUT2D eigenvalue weighted by Crippen LogP contribution is 2.39. The molecule has 37 heavy (non-hydrogen) atoms. The van der Waals surface area contributed by atoms with E-state index in [1.165, 1.54) is 4.31 Å². The van der Waals surface area contributed by atoms with Crippen molar-refractivity contribution in [3.63, 3.8) is 0 Å². The van der Waals surface area contributed by atoms with E-state index in [4.69, 9.17) is 4.43 Å². The van der Waals surface area contributed by atoms with Crippen LogP contribution in [0.3, 0.4) is 0 Å². The lowest BCUT2D eigenvalue weighted by Gasteiger charge is -2.48. The molecular weight excluding hydrogens is 498 g/mol. The van der Waals surface area contributed by atoms with E-state index in [1.807, 2.05) is 50.2 Å². The second-order valence-corrected chi connectivity index (χ2v) is 17.0. The molecule has 5 nitrogen and oxygen atoms in total. The van der Waals surface area contributed by atoms with Gasteiger partial charge in [0.15, 0.2) is 5.78 Å². The van der Waals surface area contributed by atoms with Crippen LogP contribution in [0.4, 0.5) is 0 Å². The average Bonchev–Trinajstić information content (AvgIpc) is 2.88. The van der Waals surface area contributed by atoms with E-state index in [2.05, 4.69) is 45.0 Å². The Kier molecular flexibility index (Phi) is 7.90. The van der Waals surface area contributed by atoms with Crippen molar-refractivity contribution < 1.29 is 17.6 Å². The van der Waals surface area contributed by atoms with Gasteiger partial charge < -0.3 is 4.43 Å². The quantitative estimate of drug-likeness (QED) is 0.373. The largest absolute Gasteiger partial charge is 0.405 e. The van der Waals surface area contributed by atoms with Crippen LogP contribution < -0.4 is 10.4 Å². The van der Waals surface area contributed by atoms with Gasteiger partial charge in [0.1, 0.15) is 6.04 Å². The molecule has 0 saturated carbocycles. The van der Waals surface area contributed by atoms with Gasteiger partial charge in [-0.1, -0.05) is 112 Å². The van der Waals surface area contributed by atoms with E-state index in [0.29, 0.717) is 6.42 Å². The van der Waals surface area contributed by atoms with Crippen LogP contribution >= 0.6 is 0 Å². The first-order chi connectivity index (χ1) is 17.5. The number of Topliss-reactive ketones (excluding diaryl/α,β-unsaturated/α-hetero) is 1. The zero-order valence-electron chi connectivity index (χ0n) is 22.3. The van der Waals surface area contributed by atoms with Crippen LogP contribution in [0.2, 0.25) is 5.04 Å². The zero-order chi connectivity index (χ0) is 26.8. The van der Waals surface area contributed by atoms with Crippen LogP contribution in [0, 0.1) is 6.92 Å². The van der Waals surface area contributed by atoms with Crippen LogP contribution in [0.5, 0.6) is 0 Å². The zero-order valence-corrected chi connectivity index (χ0v) is 24.2. The molecule has 0 spiro atoms. The molecule has 1 aliphatic rings. The van der Waals surface area contributed by atoms with Crippen LogP contribution in [-0.4, -0.2) is 45.5 Å². The summed E-state index contributed by atoms with van der Waals surface area (Å²) in [6.45, 7) is 10.4. The number of carbonyl (C=O) groups excluding carboxylic acids is 1. The molecule has 0 unspecified atom stereocenters. The molecule has 7 heteroatoms. The summed E-state index contributed by atoms with van der Waals surface area (Å²) in [7, 11) is -6.77. The summed E-state index contributed by atoms with van der Waals surface area (Å²) in [5.74, 6) is -0.0598. The maximum absolute atomic E-state index is 13.8. The van der Waals surface area contributed by atoms with E-state index in [1.54, 1.807) is 24.3 Å². The lowest BCUT2D eigenvalue weighted by atomic mass is 9.92. The molecule has 2 atom stereocenters. The highest BCUT2D eigenvalue weighted by Gasteiger charge is 2.56. The minimum absolute atomic E-state index is 0.0252. The third-order valence-electron chi connectivity index (χ3n) is 7.30. The first kappa shape index (κ1) is 27.5. The Balaban J connectivity index is 1.75. The smallest absolute Gasteiger partial charge is 0.261 e. The summed E-state index contributed by atoms with van der Waals surface area (Å²) < 4.78 is 35.9. The van der Waals surface area contributed by atoms with Crippen molar-refractivity contribution in [3.05, 3.63) is 90.5 Å². The number of nitrogens with zero attached hydrogens (tertiary/aromatic N) is 1. The second kappa shape index (κ2) is 10.7. The summed E-state index contributed by atoms with van der Waals surface area (Å²) in [6.07, 6.45) is 1.22. The molecule has 1 saturated heterocycles. The van der Waals surface area contributed by atoms with Crippen molar-refractivity contribution >= 4 is 34.5 Å². The third-order valence-corrected chi connectivity index (χ3v) is 14.2. The molecule has 0 amide bonds. The van der Waals surface area contributed by atoms with Crippen molar-refractivity contribution in [2.45, 2.75) is 69.5 Å². The predicted octanol–water partition coefficient (Wildman–Crippen LogP) is 4.68. The number of carbonyl (C=O) groups is 1. The molecule has 3 aromatic carbocycles. The lowest BCUT2D eigenvalue weighted by Crippen LogP contribution is -2.71. The molecule has 1 heterocycles. The molecule has 1 fully saturated rings. The molecule has 0 aliphatic carbocycles. The Bertz CT molecular complexity index is 1280. The summed E-state index contributed by atoms with van der Waals surface area (Å²) >= 11 is 0. The van der Waals surface area contributed by atoms with E-state index in [0.717, 1.165) is 22.4 Å². The van der Waals surface area contributed by atoms with Crippen LogP contribution in [-0.2, 0) is 19.2 Å². The molecule has 1 aliphatic heterocycles. The molecule has 4 rings (SSSR count). The van der Waals surface area contributed by atoms with Gasteiger partial charge in [-0.15, -0.1) is 0 Å². The predicted molar refractivity (Wildman–Crippen MR) is 151 cm³/mol. The number of aryl methyl sites for hydroxylation is 1. The van der Waals surface area contributed by atoms with Crippen molar-refractivity contribution in [2.75, 3.05) is 6.61 Å². The van der Waals surface area contributed by atoms with Gasteiger partial charge in [-0.3, -0.25) is 4.79 Å². The monoisotopic (exact) mass is 535 g/mol. The first-order valence-corrected chi connectivity index (χ1v) is 16.3. The van der Waals surface area contributed by atoms with Gasteiger partial charge in [-0.25, -0.2) is 8.42 Å². The molecular formula is C30H37NO4SSi. The number of hydrogen-bond donors (Lipinski definition) is 0. The highest BCUT2D eigenvalue weighted by atomic mass is 32.2. The van der Waals surface area contributed by atoms with Crippen LogP contribution in [0.1, 0.15) is 46.1 Å². The highest BCUT2D eigenvalue weighted by molar-refractivity contribution is 7.89. The maximum atomic E-state index is 13.8. The normalized spacial score (nSPS) is 19.0. The fraction of sp³-hybridized carbons (Fsp3) is 0.367. The average molecular weight is 536 g/mol. The van der Waals surface area contributed by atoms with Gasteiger partial charge in [0.05, 0.1) is 17.5 Å². The van der Waals surface area contributed by atoms with E-state index < -0.39 is 30.4 Å². The standard InChI is InChI=1S/C30H37NO4SSi/c1-6-13-27-29(32)28(31(27)36(33,34)24-20-18-23(2)19-21-24)22-35-37(30(3,4)5,25-14-9-7-10-15-25)26-16-11-8-12-17-26/h7-12,14-21,27-28H,6,13,22H2,1-5H3/t27-,28+/m1/s1. The van der Waals surface area contributed by atoms with E-state index >= 15 is 0 Å². The summed E-state index contributed by atoms with van der Waals surface area (Å²) in [5, 5.41) is 1.92. The van der Waals surface area contributed by atoms with Crippen LogP contribution in [0.25, 0.3) is 0 Å². The van der Waals surface area contributed by atoms with Gasteiger partial charge in [0.2, 0.25) is 10.0 Å². The van der Waals surface area contributed by atoms with Gasteiger partial charge in [-0.2, -0.15) is 4.31 Å². The fourth-order valence-electron chi connectivity index (χ4n) is 5.44. The van der Waals surface area contributed by atoms with Gasteiger partial charge in [0, 0.05) is 0 Å². The second-order valence-electron chi connectivity index (χ2n) is 10.8.